The Bertz CT molecular complexity index is 394. The molecule has 0 unspecified atom stereocenters. The Kier molecular flexibility index (Phi) is 2.71. The van der Waals surface area contributed by atoms with Crippen LogP contribution in [0.2, 0.25) is 0 Å². The van der Waals surface area contributed by atoms with E-state index in [9.17, 15) is 14.7 Å². The average molecular weight is 242 g/mol. The fourth-order valence-corrected chi connectivity index (χ4v) is 3.84. The summed E-state index contributed by atoms with van der Waals surface area (Å²) in [5.41, 5.74) is 11.9. The molecular weight excluding hydrogens is 228 g/mol. The van der Waals surface area contributed by atoms with Crippen molar-refractivity contribution in [2.45, 2.75) is 30.6 Å². The Labute approximate surface area is 97.2 Å². The van der Waals surface area contributed by atoms with Gasteiger partial charge in [-0.1, -0.05) is 11.8 Å². The molecule has 2 aliphatic rings. The zero-order valence-electron chi connectivity index (χ0n) is 8.73. The quantitative estimate of drug-likeness (QED) is 0.650. The fourth-order valence-electron chi connectivity index (χ4n) is 2.37. The number of carbonyl (C=O) groups excluding carboxylic acids is 1. The molecule has 0 spiro atoms. The monoisotopic (exact) mass is 242 g/mol. The first-order valence-electron chi connectivity index (χ1n) is 5.19. The van der Waals surface area contributed by atoms with Crippen molar-refractivity contribution in [1.82, 2.24) is 0 Å². The maximum atomic E-state index is 11.4. The van der Waals surface area contributed by atoms with Crippen LogP contribution in [0.1, 0.15) is 25.7 Å². The van der Waals surface area contributed by atoms with Gasteiger partial charge in [0.15, 0.2) is 4.87 Å². The number of allylic oxidation sites excluding steroid dienone is 1. The maximum absolute atomic E-state index is 11.4. The summed E-state index contributed by atoms with van der Waals surface area (Å²) in [6, 6.07) is 0. The number of thioether (sulfide) groups is 1. The van der Waals surface area contributed by atoms with Crippen molar-refractivity contribution < 1.29 is 14.7 Å². The molecule has 0 aromatic carbocycles. The van der Waals surface area contributed by atoms with Gasteiger partial charge >= 0.3 is 5.97 Å². The van der Waals surface area contributed by atoms with Crippen LogP contribution in [-0.2, 0) is 9.59 Å². The molecule has 5 nitrogen and oxygen atoms in total. The number of aliphatic carboxylic acids is 1. The second-order valence-corrected chi connectivity index (χ2v) is 5.56. The molecule has 0 bridgehead atoms. The summed E-state index contributed by atoms with van der Waals surface area (Å²) >= 11 is 1.14. The van der Waals surface area contributed by atoms with Gasteiger partial charge in [0.2, 0.25) is 5.91 Å². The second kappa shape index (κ2) is 3.78. The fraction of sp³-hybridized carbons (Fsp3) is 0.600. The van der Waals surface area contributed by atoms with Crippen molar-refractivity contribution in [3.63, 3.8) is 0 Å². The summed E-state index contributed by atoms with van der Waals surface area (Å²) in [5.74, 6) is -2.76. The molecule has 2 atom stereocenters. The third-order valence-electron chi connectivity index (χ3n) is 3.16. The number of hydrogen-bond acceptors (Lipinski definition) is 4. The molecule has 0 saturated carbocycles. The number of primary amides is 1. The van der Waals surface area contributed by atoms with Crippen molar-refractivity contribution >= 4 is 23.6 Å². The number of hydrogen-bond donors (Lipinski definition) is 3. The summed E-state index contributed by atoms with van der Waals surface area (Å²) in [7, 11) is 0. The van der Waals surface area contributed by atoms with Gasteiger partial charge in [-0.2, -0.15) is 0 Å². The van der Waals surface area contributed by atoms with Crippen molar-refractivity contribution in [2.24, 2.45) is 17.4 Å². The van der Waals surface area contributed by atoms with E-state index in [0.717, 1.165) is 41.5 Å². The predicted molar refractivity (Wildman–Crippen MR) is 60.3 cm³/mol. The smallest absolute Gasteiger partial charge is 0.314 e. The zero-order valence-corrected chi connectivity index (χ0v) is 9.55. The van der Waals surface area contributed by atoms with Crippen LogP contribution in [0, 0.1) is 5.92 Å². The molecule has 1 aliphatic heterocycles. The van der Waals surface area contributed by atoms with E-state index in [1.54, 1.807) is 0 Å². The largest absolute Gasteiger partial charge is 0.481 e. The van der Waals surface area contributed by atoms with E-state index < -0.39 is 22.7 Å². The number of nitrogens with two attached hydrogens (primary N) is 2. The third-order valence-corrected chi connectivity index (χ3v) is 4.65. The Balaban J connectivity index is 2.42. The highest BCUT2D eigenvalue weighted by molar-refractivity contribution is 8.05. The normalized spacial score (nSPS) is 33.7. The number of rotatable bonds is 2. The number of carboxylic acids is 1. The van der Waals surface area contributed by atoms with Gasteiger partial charge in [-0.3, -0.25) is 9.59 Å². The lowest BCUT2D eigenvalue weighted by atomic mass is 9.84. The minimum Gasteiger partial charge on any atom is -0.481 e. The van der Waals surface area contributed by atoms with Gasteiger partial charge in [0, 0.05) is 0 Å². The Morgan fingerprint density at radius 2 is 2.00 bits per heavy atom. The van der Waals surface area contributed by atoms with Crippen LogP contribution in [0.4, 0.5) is 0 Å². The molecule has 16 heavy (non-hydrogen) atoms. The van der Waals surface area contributed by atoms with Crippen LogP contribution in [0.25, 0.3) is 0 Å². The molecule has 1 heterocycles. The summed E-state index contributed by atoms with van der Waals surface area (Å²) in [4.78, 5) is 22.1. The molecule has 2 rings (SSSR count). The van der Waals surface area contributed by atoms with Gasteiger partial charge in [0.05, 0.1) is 0 Å². The SMILES string of the molecule is NC(=O)[C@@]1(N)SC2=C(CCCC2)[C@H]1C(=O)O. The van der Waals surface area contributed by atoms with E-state index in [4.69, 9.17) is 11.5 Å². The average Bonchev–Trinajstić information content (AvgIpc) is 2.51. The molecule has 5 N–H and O–H groups in total. The van der Waals surface area contributed by atoms with E-state index in [-0.39, 0.29) is 0 Å². The van der Waals surface area contributed by atoms with E-state index in [0.29, 0.717) is 6.42 Å². The second-order valence-electron chi connectivity index (χ2n) is 4.19. The number of carbonyl (C=O) groups is 2. The molecule has 0 saturated heterocycles. The summed E-state index contributed by atoms with van der Waals surface area (Å²) in [5, 5.41) is 9.20. The molecular formula is C10H14N2O3S. The molecule has 1 amide bonds. The Hall–Kier alpha value is -1.01. The van der Waals surface area contributed by atoms with Crippen LogP contribution in [0.5, 0.6) is 0 Å². The van der Waals surface area contributed by atoms with Gasteiger partial charge in [0.25, 0.3) is 0 Å². The molecule has 0 fully saturated rings. The lowest BCUT2D eigenvalue weighted by Crippen LogP contribution is -2.55. The van der Waals surface area contributed by atoms with Gasteiger partial charge in [-0.15, -0.1) is 0 Å². The van der Waals surface area contributed by atoms with Gasteiger partial charge in [-0.25, -0.2) is 0 Å². The van der Waals surface area contributed by atoms with E-state index in [2.05, 4.69) is 0 Å². The van der Waals surface area contributed by atoms with E-state index >= 15 is 0 Å². The molecule has 1 aliphatic carbocycles. The Morgan fingerprint density at radius 3 is 2.56 bits per heavy atom. The van der Waals surface area contributed by atoms with Crippen molar-refractivity contribution in [2.75, 3.05) is 0 Å². The lowest BCUT2D eigenvalue weighted by Gasteiger charge is -2.25. The predicted octanol–water partition coefficient (Wildman–Crippen LogP) is 0.402. The highest BCUT2D eigenvalue weighted by Gasteiger charge is 2.54. The number of amides is 1. The van der Waals surface area contributed by atoms with Crippen LogP contribution in [0.3, 0.4) is 0 Å². The van der Waals surface area contributed by atoms with Gasteiger partial charge in [0.1, 0.15) is 5.92 Å². The van der Waals surface area contributed by atoms with Crippen LogP contribution >= 0.6 is 11.8 Å². The van der Waals surface area contributed by atoms with Crippen molar-refractivity contribution in [3.05, 3.63) is 10.5 Å². The van der Waals surface area contributed by atoms with Crippen molar-refractivity contribution in [1.29, 1.82) is 0 Å². The minimum atomic E-state index is -1.50. The minimum absolute atomic E-state index is 0.714. The maximum Gasteiger partial charge on any atom is 0.314 e. The molecule has 6 heteroatoms. The third kappa shape index (κ3) is 1.53. The van der Waals surface area contributed by atoms with Gasteiger partial charge in [-0.05, 0) is 36.2 Å². The molecule has 0 aromatic rings. The highest BCUT2D eigenvalue weighted by atomic mass is 32.2. The topological polar surface area (TPSA) is 106 Å². The van der Waals surface area contributed by atoms with E-state index in [1.165, 1.54) is 0 Å². The molecule has 0 radical (unpaired) electrons. The van der Waals surface area contributed by atoms with Crippen molar-refractivity contribution in [3.8, 4) is 0 Å². The van der Waals surface area contributed by atoms with Crippen LogP contribution in [-0.4, -0.2) is 21.9 Å². The highest BCUT2D eigenvalue weighted by Crippen LogP contribution is 2.52. The zero-order chi connectivity index (χ0) is 11.9. The van der Waals surface area contributed by atoms with Crippen LogP contribution < -0.4 is 11.5 Å². The number of carboxylic acid groups (broad SMARTS) is 1. The first-order valence-corrected chi connectivity index (χ1v) is 6.01. The van der Waals surface area contributed by atoms with Crippen LogP contribution in [0.15, 0.2) is 10.5 Å². The Morgan fingerprint density at radius 1 is 1.38 bits per heavy atom. The van der Waals surface area contributed by atoms with E-state index in [1.807, 2.05) is 0 Å². The lowest BCUT2D eigenvalue weighted by molar-refractivity contribution is -0.143. The first-order chi connectivity index (χ1) is 7.47. The summed E-state index contributed by atoms with van der Waals surface area (Å²) < 4.78 is 0. The molecule has 0 aromatic heterocycles. The molecule has 88 valence electrons. The van der Waals surface area contributed by atoms with Gasteiger partial charge < -0.3 is 16.6 Å². The standard InChI is InChI=1S/C10H14N2O3S/c11-9(15)10(12)7(8(13)14)5-3-1-2-4-6(5)16-10/h7H,1-4,12H2,(H2,11,15)(H,13,14)/t7-,10-/m0/s1. The summed E-state index contributed by atoms with van der Waals surface area (Å²) in [6.07, 6.45) is 3.51. The summed E-state index contributed by atoms with van der Waals surface area (Å²) in [6.45, 7) is 0. The first kappa shape index (κ1) is 11.5.